The van der Waals surface area contributed by atoms with Crippen LogP contribution in [0.15, 0.2) is 52.0 Å². The largest absolute Gasteiger partial charge is 0.469 e. The molecule has 0 aliphatic heterocycles. The van der Waals surface area contributed by atoms with Crippen LogP contribution < -0.4 is 5.32 Å². The number of thiocarbonyl (C=S) groups is 1. The van der Waals surface area contributed by atoms with Crippen molar-refractivity contribution < 1.29 is 4.42 Å². The molecule has 0 aliphatic carbocycles. The summed E-state index contributed by atoms with van der Waals surface area (Å²) in [5, 5.41) is 3.98. The van der Waals surface area contributed by atoms with Gasteiger partial charge in [-0.05, 0) is 38.1 Å². The van der Waals surface area contributed by atoms with Crippen LogP contribution in [0.25, 0.3) is 0 Å². The summed E-state index contributed by atoms with van der Waals surface area (Å²) in [7, 11) is 0. The molecule has 2 nitrogen and oxygen atoms in total. The van der Waals surface area contributed by atoms with Crippen LogP contribution in [0.4, 0.5) is 5.69 Å². The lowest BCUT2D eigenvalue weighted by molar-refractivity contribution is 0.533. The van der Waals surface area contributed by atoms with E-state index in [1.54, 1.807) is 18.0 Å². The molecule has 0 amide bonds. The molecule has 0 bridgehead atoms. The molecule has 0 atom stereocenters. The third-order valence-corrected chi connectivity index (χ3v) is 4.63. The minimum absolute atomic E-state index is 0.646. The fraction of sp³-hybridized carbons (Fsp3) is 0.188. The Morgan fingerprint density at radius 1 is 1.43 bits per heavy atom. The third kappa shape index (κ3) is 4.37. The quantitative estimate of drug-likeness (QED) is 0.430. The first-order valence-electron chi connectivity index (χ1n) is 6.50. The second-order valence-electron chi connectivity index (χ2n) is 4.37. The van der Waals surface area contributed by atoms with Crippen LogP contribution in [0.5, 0.6) is 0 Å². The van der Waals surface area contributed by atoms with E-state index in [0.29, 0.717) is 4.99 Å². The number of hydrogen-bond donors (Lipinski definition) is 1. The van der Waals surface area contributed by atoms with Crippen molar-refractivity contribution in [3.05, 3.63) is 59.0 Å². The Balaban J connectivity index is 2.12. The molecule has 1 aromatic heterocycles. The number of rotatable bonds is 5. The van der Waals surface area contributed by atoms with Gasteiger partial charge in [-0.15, -0.1) is 11.8 Å². The van der Waals surface area contributed by atoms with E-state index in [9.17, 15) is 0 Å². The summed E-state index contributed by atoms with van der Waals surface area (Å²) in [6, 6.07) is 7.68. The van der Waals surface area contributed by atoms with Gasteiger partial charge < -0.3 is 9.73 Å². The first-order valence-corrected chi connectivity index (χ1v) is 8.28. The van der Waals surface area contributed by atoms with Crippen molar-refractivity contribution in [2.75, 3.05) is 11.1 Å². The molecule has 0 fully saturated rings. The predicted molar refractivity (Wildman–Crippen MR) is 95.8 cm³/mol. The molecule has 1 N–H and O–H groups in total. The number of aryl methyl sites for hydroxylation is 1. The van der Waals surface area contributed by atoms with Crippen molar-refractivity contribution in [1.82, 2.24) is 0 Å². The van der Waals surface area contributed by atoms with E-state index in [1.165, 1.54) is 0 Å². The molecule has 1 heterocycles. The molecule has 0 aliphatic rings. The van der Waals surface area contributed by atoms with Gasteiger partial charge in [-0.2, -0.15) is 0 Å². The molecule has 0 saturated carbocycles. The fourth-order valence-corrected chi connectivity index (χ4v) is 3.24. The summed E-state index contributed by atoms with van der Waals surface area (Å²) >= 11 is 13.3. The highest BCUT2D eigenvalue weighted by Crippen LogP contribution is 2.30. The van der Waals surface area contributed by atoms with Gasteiger partial charge in [0.2, 0.25) is 0 Å². The van der Waals surface area contributed by atoms with Crippen LogP contribution >= 0.6 is 35.6 Å². The first-order chi connectivity index (χ1) is 10.1. The van der Waals surface area contributed by atoms with Gasteiger partial charge in [0.1, 0.15) is 10.7 Å². The summed E-state index contributed by atoms with van der Waals surface area (Å²) in [5.41, 5.74) is 1.83. The molecule has 5 heteroatoms. The number of benzene rings is 1. The van der Waals surface area contributed by atoms with Crippen molar-refractivity contribution in [3.8, 4) is 0 Å². The number of halogens is 1. The molecule has 110 valence electrons. The van der Waals surface area contributed by atoms with Gasteiger partial charge in [-0.25, -0.2) is 0 Å². The van der Waals surface area contributed by atoms with Gasteiger partial charge >= 0.3 is 0 Å². The Kier molecular flexibility index (Phi) is 5.91. The molecule has 0 saturated heterocycles. The average molecular weight is 338 g/mol. The van der Waals surface area contributed by atoms with Crippen LogP contribution in [0, 0.1) is 6.92 Å². The molecule has 2 rings (SSSR count). The summed E-state index contributed by atoms with van der Waals surface area (Å²) in [6.07, 6.45) is 5.76. The topological polar surface area (TPSA) is 25.2 Å². The van der Waals surface area contributed by atoms with Gasteiger partial charge in [0.05, 0.1) is 16.8 Å². The number of hydrogen-bond acceptors (Lipinski definition) is 3. The average Bonchev–Trinajstić information content (AvgIpc) is 2.89. The Morgan fingerprint density at radius 2 is 2.24 bits per heavy atom. The number of allylic oxidation sites excluding steroid dienone is 1. The van der Waals surface area contributed by atoms with Gasteiger partial charge in [-0.3, -0.25) is 0 Å². The van der Waals surface area contributed by atoms with E-state index < -0.39 is 0 Å². The molecule has 0 radical (unpaired) electrons. The minimum atomic E-state index is 0.646. The summed E-state index contributed by atoms with van der Waals surface area (Å²) < 4.78 is 5.27. The molecule has 1 aromatic carbocycles. The second kappa shape index (κ2) is 7.69. The highest BCUT2D eigenvalue weighted by atomic mass is 35.5. The Bertz CT molecular complexity index is 664. The zero-order chi connectivity index (χ0) is 15.2. The first kappa shape index (κ1) is 16.1. The van der Waals surface area contributed by atoms with Crippen molar-refractivity contribution in [2.24, 2.45) is 0 Å². The predicted octanol–water partition coefficient (Wildman–Crippen LogP) is 5.70. The third-order valence-electron chi connectivity index (χ3n) is 2.86. The monoisotopic (exact) mass is 337 g/mol. The van der Waals surface area contributed by atoms with Gasteiger partial charge in [-0.1, -0.05) is 36.0 Å². The Morgan fingerprint density at radius 3 is 2.90 bits per heavy atom. The van der Waals surface area contributed by atoms with Crippen molar-refractivity contribution in [3.63, 3.8) is 0 Å². The van der Waals surface area contributed by atoms with E-state index in [0.717, 1.165) is 32.7 Å². The molecule has 21 heavy (non-hydrogen) atoms. The molecular weight excluding hydrogens is 322 g/mol. The minimum Gasteiger partial charge on any atom is -0.469 e. The standard InChI is InChI=1S/C16H16ClNOS2/c1-3-4-9-21-15-10-12(5-6-14(15)17)18-16(20)13-7-8-19-11(13)2/h3-8,10H,9H2,1-2H3,(H,18,20)/b4-3+. The van der Waals surface area contributed by atoms with Crippen molar-refractivity contribution >= 4 is 46.3 Å². The maximum Gasteiger partial charge on any atom is 0.114 e. The summed E-state index contributed by atoms with van der Waals surface area (Å²) in [5.74, 6) is 1.70. The van der Waals surface area contributed by atoms with E-state index in [4.69, 9.17) is 28.2 Å². The highest BCUT2D eigenvalue weighted by Gasteiger charge is 2.09. The van der Waals surface area contributed by atoms with E-state index >= 15 is 0 Å². The maximum atomic E-state index is 6.22. The van der Waals surface area contributed by atoms with Crippen LogP contribution in [0.2, 0.25) is 5.02 Å². The maximum absolute atomic E-state index is 6.22. The zero-order valence-corrected chi connectivity index (χ0v) is 14.2. The van der Waals surface area contributed by atoms with Crippen LogP contribution in [-0.2, 0) is 0 Å². The summed E-state index contributed by atoms with van der Waals surface area (Å²) in [6.45, 7) is 3.90. The fourth-order valence-electron chi connectivity index (χ4n) is 1.74. The number of anilines is 1. The van der Waals surface area contributed by atoms with Crippen LogP contribution in [0.1, 0.15) is 18.2 Å². The zero-order valence-electron chi connectivity index (χ0n) is 11.9. The normalized spacial score (nSPS) is 11.0. The van der Waals surface area contributed by atoms with Gasteiger partial charge in [0.15, 0.2) is 0 Å². The van der Waals surface area contributed by atoms with Gasteiger partial charge in [0.25, 0.3) is 0 Å². The van der Waals surface area contributed by atoms with Crippen LogP contribution in [-0.4, -0.2) is 10.7 Å². The molecule has 2 aromatic rings. The van der Waals surface area contributed by atoms with E-state index in [1.807, 2.05) is 44.2 Å². The smallest absolute Gasteiger partial charge is 0.114 e. The van der Waals surface area contributed by atoms with Gasteiger partial charge in [0, 0.05) is 16.3 Å². The second-order valence-corrected chi connectivity index (χ2v) is 6.25. The van der Waals surface area contributed by atoms with Crippen molar-refractivity contribution in [1.29, 1.82) is 0 Å². The Hall–Kier alpha value is -1.23. The van der Waals surface area contributed by atoms with Crippen molar-refractivity contribution in [2.45, 2.75) is 18.7 Å². The van der Waals surface area contributed by atoms with Crippen LogP contribution in [0.3, 0.4) is 0 Å². The lowest BCUT2D eigenvalue weighted by Crippen LogP contribution is -2.10. The number of thioether (sulfide) groups is 1. The SMILES string of the molecule is C/C=C/CSc1cc(NC(=S)c2ccoc2C)ccc1Cl. The number of furan rings is 1. The van der Waals surface area contributed by atoms with E-state index in [-0.39, 0.29) is 0 Å². The Labute approximate surface area is 139 Å². The van der Waals surface area contributed by atoms with E-state index in [2.05, 4.69) is 11.4 Å². The summed E-state index contributed by atoms with van der Waals surface area (Å²) in [4.78, 5) is 1.68. The highest BCUT2D eigenvalue weighted by molar-refractivity contribution is 7.99. The lowest BCUT2D eigenvalue weighted by atomic mass is 10.2. The number of nitrogens with one attached hydrogen (secondary N) is 1. The molecule has 0 unspecified atom stereocenters. The lowest BCUT2D eigenvalue weighted by Gasteiger charge is -2.10. The molecule has 0 spiro atoms. The molecular formula is C16H16ClNOS2.